The molecule has 1 rings (SSSR count). The van der Waals surface area contributed by atoms with Crippen molar-refractivity contribution in [2.75, 3.05) is 26.2 Å². The molecule has 1 heterocycles. The first-order valence-corrected chi connectivity index (χ1v) is 6.50. The van der Waals surface area contributed by atoms with E-state index in [1.165, 1.54) is 0 Å². The molecule has 4 heteroatoms. The Morgan fingerprint density at radius 2 is 2.18 bits per heavy atom. The minimum Gasteiger partial charge on any atom is -0.375 e. The van der Waals surface area contributed by atoms with Crippen molar-refractivity contribution in [1.29, 1.82) is 0 Å². The second-order valence-corrected chi connectivity index (χ2v) is 5.78. The van der Waals surface area contributed by atoms with Crippen LogP contribution in [0, 0.1) is 0 Å². The zero-order valence-corrected chi connectivity index (χ0v) is 11.6. The summed E-state index contributed by atoms with van der Waals surface area (Å²) >= 11 is 0. The van der Waals surface area contributed by atoms with E-state index in [-0.39, 0.29) is 17.6 Å². The third-order valence-electron chi connectivity index (χ3n) is 2.94. The second kappa shape index (κ2) is 6.36. The first kappa shape index (κ1) is 14.5. The van der Waals surface area contributed by atoms with Crippen LogP contribution in [0.25, 0.3) is 0 Å². The van der Waals surface area contributed by atoms with Crippen LogP contribution in [-0.4, -0.2) is 48.7 Å². The maximum absolute atomic E-state index is 11.3. The van der Waals surface area contributed by atoms with Gasteiger partial charge in [-0.15, -0.1) is 0 Å². The lowest BCUT2D eigenvalue weighted by atomic mass is 10.1. The lowest BCUT2D eigenvalue weighted by Crippen LogP contribution is -2.45. The Labute approximate surface area is 105 Å². The molecule has 1 atom stereocenters. The molecule has 0 bridgehead atoms. The van der Waals surface area contributed by atoms with E-state index >= 15 is 0 Å². The lowest BCUT2D eigenvalue weighted by Gasteiger charge is -2.32. The van der Waals surface area contributed by atoms with Gasteiger partial charge in [0.05, 0.1) is 12.7 Å². The molecule has 0 aromatic heterocycles. The minimum absolute atomic E-state index is 0.158. The summed E-state index contributed by atoms with van der Waals surface area (Å²) < 4.78 is 5.67. The fraction of sp³-hybridized carbons (Fsp3) is 0.923. The summed E-state index contributed by atoms with van der Waals surface area (Å²) in [4.78, 5) is 13.1. The summed E-state index contributed by atoms with van der Waals surface area (Å²) in [6, 6.07) is 0. The van der Waals surface area contributed by atoms with Gasteiger partial charge in [0.2, 0.25) is 5.91 Å². The fourth-order valence-electron chi connectivity index (χ4n) is 1.97. The van der Waals surface area contributed by atoms with E-state index in [1.54, 1.807) is 6.92 Å². The van der Waals surface area contributed by atoms with Gasteiger partial charge in [-0.2, -0.15) is 0 Å². The number of rotatable bonds is 4. The number of morpholine rings is 1. The Morgan fingerprint density at radius 1 is 1.47 bits per heavy atom. The number of ether oxygens (including phenoxy) is 1. The molecule has 0 aliphatic carbocycles. The maximum Gasteiger partial charge on any atom is 0.219 e. The van der Waals surface area contributed by atoms with Gasteiger partial charge in [-0.05, 0) is 40.2 Å². The predicted octanol–water partition coefficient (Wildman–Crippen LogP) is 1.40. The molecule has 100 valence electrons. The maximum atomic E-state index is 11.3. The van der Waals surface area contributed by atoms with E-state index in [2.05, 4.69) is 26.1 Å². The molecular formula is C13H26N2O2. The Morgan fingerprint density at radius 3 is 2.76 bits per heavy atom. The number of hydrogen-bond donors (Lipinski definition) is 1. The molecule has 4 nitrogen and oxygen atoms in total. The van der Waals surface area contributed by atoms with Gasteiger partial charge >= 0.3 is 0 Å². The summed E-state index contributed by atoms with van der Waals surface area (Å²) in [6.07, 6.45) is 2.33. The van der Waals surface area contributed by atoms with Crippen LogP contribution in [-0.2, 0) is 9.53 Å². The highest BCUT2D eigenvalue weighted by molar-refractivity contribution is 5.73. The van der Waals surface area contributed by atoms with Crippen molar-refractivity contribution in [3.05, 3.63) is 0 Å². The van der Waals surface area contributed by atoms with E-state index in [0.29, 0.717) is 6.61 Å². The van der Waals surface area contributed by atoms with Gasteiger partial charge in [-0.3, -0.25) is 4.79 Å². The van der Waals surface area contributed by atoms with E-state index in [0.717, 1.165) is 32.5 Å². The van der Waals surface area contributed by atoms with Crippen molar-refractivity contribution in [1.82, 2.24) is 10.2 Å². The molecule has 1 fully saturated rings. The summed E-state index contributed by atoms with van der Waals surface area (Å²) in [7, 11) is 0. The van der Waals surface area contributed by atoms with Crippen LogP contribution in [0.5, 0.6) is 0 Å². The third-order valence-corrected chi connectivity index (χ3v) is 2.94. The number of carbonyl (C=O) groups excluding carboxylic acids is 1. The smallest absolute Gasteiger partial charge is 0.219 e. The van der Waals surface area contributed by atoms with Crippen molar-refractivity contribution >= 4 is 5.91 Å². The zero-order valence-electron chi connectivity index (χ0n) is 11.6. The molecule has 1 saturated heterocycles. The van der Waals surface area contributed by atoms with Crippen molar-refractivity contribution in [3.63, 3.8) is 0 Å². The molecule has 0 radical (unpaired) electrons. The highest BCUT2D eigenvalue weighted by Crippen LogP contribution is 2.11. The van der Waals surface area contributed by atoms with Gasteiger partial charge in [-0.1, -0.05) is 0 Å². The second-order valence-electron chi connectivity index (χ2n) is 5.78. The summed E-state index contributed by atoms with van der Waals surface area (Å²) in [6.45, 7) is 11.3. The summed E-state index contributed by atoms with van der Waals surface area (Å²) in [5.74, 6) is 0.158. The van der Waals surface area contributed by atoms with Crippen LogP contribution >= 0.6 is 0 Å². The monoisotopic (exact) mass is 242 g/mol. The normalized spacial score (nSPS) is 21.6. The first-order chi connectivity index (χ1) is 7.88. The summed E-state index contributed by atoms with van der Waals surface area (Å²) in [5, 5.41) is 3.46. The Bertz CT molecular complexity index is 248. The number of nitrogens with one attached hydrogen (secondary N) is 1. The van der Waals surface area contributed by atoms with Gasteiger partial charge in [0.15, 0.2) is 0 Å². The number of hydrogen-bond acceptors (Lipinski definition) is 3. The number of carbonyl (C=O) groups is 1. The van der Waals surface area contributed by atoms with Crippen molar-refractivity contribution in [3.8, 4) is 0 Å². The fourth-order valence-corrected chi connectivity index (χ4v) is 1.97. The largest absolute Gasteiger partial charge is 0.375 e. The number of nitrogens with zero attached hydrogens (tertiary/aromatic N) is 1. The Kier molecular flexibility index (Phi) is 5.40. The van der Waals surface area contributed by atoms with Crippen LogP contribution in [0.15, 0.2) is 0 Å². The summed E-state index contributed by atoms with van der Waals surface area (Å²) in [5.41, 5.74) is 0.179. The van der Waals surface area contributed by atoms with Crippen molar-refractivity contribution < 1.29 is 9.53 Å². The molecule has 1 amide bonds. The van der Waals surface area contributed by atoms with Gasteiger partial charge in [0.1, 0.15) is 0 Å². The molecule has 1 N–H and O–H groups in total. The first-order valence-electron chi connectivity index (χ1n) is 6.50. The molecule has 17 heavy (non-hydrogen) atoms. The highest BCUT2D eigenvalue weighted by atomic mass is 16.5. The SMILES string of the molecule is CC(=O)N1CCO[C@H](CCCNC(C)(C)C)C1. The third kappa shape index (κ3) is 6.03. The standard InChI is InChI=1S/C13H26N2O2/c1-11(16)15-8-9-17-12(10-15)6-5-7-14-13(2,3)4/h12,14H,5-10H2,1-4H3/t12-/m1/s1. The molecule has 0 saturated carbocycles. The van der Waals surface area contributed by atoms with Crippen LogP contribution in [0.3, 0.4) is 0 Å². The highest BCUT2D eigenvalue weighted by Gasteiger charge is 2.21. The van der Waals surface area contributed by atoms with Crippen LogP contribution in [0.1, 0.15) is 40.5 Å². The molecule has 0 spiro atoms. The van der Waals surface area contributed by atoms with E-state index in [4.69, 9.17) is 4.74 Å². The molecule has 0 aromatic carbocycles. The van der Waals surface area contributed by atoms with Gasteiger partial charge in [0, 0.05) is 25.6 Å². The molecule has 0 unspecified atom stereocenters. The quantitative estimate of drug-likeness (QED) is 0.758. The van der Waals surface area contributed by atoms with Crippen LogP contribution in [0.2, 0.25) is 0 Å². The topological polar surface area (TPSA) is 41.6 Å². The van der Waals surface area contributed by atoms with Crippen molar-refractivity contribution in [2.45, 2.75) is 52.2 Å². The van der Waals surface area contributed by atoms with E-state index in [1.807, 2.05) is 4.90 Å². The predicted molar refractivity (Wildman–Crippen MR) is 69.0 cm³/mol. The molecule has 1 aliphatic rings. The molecule has 1 aliphatic heterocycles. The average molecular weight is 242 g/mol. The molecular weight excluding hydrogens is 216 g/mol. The molecule has 0 aromatic rings. The lowest BCUT2D eigenvalue weighted by molar-refractivity contribution is -0.136. The zero-order chi connectivity index (χ0) is 12.9. The van der Waals surface area contributed by atoms with Gasteiger partial charge < -0.3 is 15.0 Å². The van der Waals surface area contributed by atoms with Crippen LogP contribution in [0.4, 0.5) is 0 Å². The van der Waals surface area contributed by atoms with E-state index in [9.17, 15) is 4.79 Å². The average Bonchev–Trinajstić information content (AvgIpc) is 2.23. The Hall–Kier alpha value is -0.610. The van der Waals surface area contributed by atoms with E-state index < -0.39 is 0 Å². The minimum atomic E-state index is 0.158. The Balaban J connectivity index is 2.17. The van der Waals surface area contributed by atoms with Crippen molar-refractivity contribution in [2.24, 2.45) is 0 Å². The van der Waals surface area contributed by atoms with Crippen LogP contribution < -0.4 is 5.32 Å². The number of amides is 1. The van der Waals surface area contributed by atoms with Gasteiger partial charge in [-0.25, -0.2) is 0 Å². The van der Waals surface area contributed by atoms with Gasteiger partial charge in [0.25, 0.3) is 0 Å².